The van der Waals surface area contributed by atoms with E-state index in [1.807, 2.05) is 6.07 Å². The predicted octanol–water partition coefficient (Wildman–Crippen LogP) is 2.71. The van der Waals surface area contributed by atoms with Gasteiger partial charge in [-0.15, -0.1) is 0 Å². The number of nitrogens with zero attached hydrogens (tertiary/aromatic N) is 1. The average Bonchev–Trinajstić information content (AvgIpc) is 2.43. The molecule has 0 heterocycles. The minimum absolute atomic E-state index is 0.281. The molecule has 0 amide bonds. The van der Waals surface area contributed by atoms with Gasteiger partial charge in [-0.05, 0) is 43.2 Å². The molecule has 106 valence electrons. The molecule has 2 aromatic carbocycles. The Morgan fingerprint density at radius 2 is 1.60 bits per heavy atom. The zero-order chi connectivity index (χ0) is 14.9. The van der Waals surface area contributed by atoms with E-state index in [-0.39, 0.29) is 4.90 Å². The molecule has 0 aliphatic carbocycles. The largest absolute Gasteiger partial charge is 0.398 e. The summed E-state index contributed by atoms with van der Waals surface area (Å²) >= 11 is 0. The van der Waals surface area contributed by atoms with Gasteiger partial charge in [-0.3, -0.25) is 4.31 Å². The number of hydrogen-bond acceptors (Lipinski definition) is 3. The molecule has 0 unspecified atom stereocenters. The monoisotopic (exact) mass is 290 g/mol. The van der Waals surface area contributed by atoms with Crippen LogP contribution in [0.5, 0.6) is 0 Å². The van der Waals surface area contributed by atoms with Crippen LogP contribution in [0.4, 0.5) is 11.4 Å². The smallest absolute Gasteiger partial charge is 0.264 e. The lowest BCUT2D eigenvalue weighted by atomic mass is 10.1. The summed E-state index contributed by atoms with van der Waals surface area (Å²) in [5.41, 5.74) is 8.23. The van der Waals surface area contributed by atoms with Crippen molar-refractivity contribution in [3.05, 3.63) is 53.6 Å². The van der Waals surface area contributed by atoms with Gasteiger partial charge in [0.05, 0.1) is 10.6 Å². The molecule has 2 rings (SSSR count). The molecule has 0 aromatic heterocycles. The first-order chi connectivity index (χ1) is 9.35. The van der Waals surface area contributed by atoms with Crippen LogP contribution in [0.15, 0.2) is 47.4 Å². The number of hydrogen-bond donors (Lipinski definition) is 1. The lowest BCUT2D eigenvalue weighted by Crippen LogP contribution is -2.28. The summed E-state index contributed by atoms with van der Waals surface area (Å²) < 4.78 is 26.9. The van der Waals surface area contributed by atoms with Crippen molar-refractivity contribution in [1.29, 1.82) is 0 Å². The molecule has 0 aliphatic heterocycles. The van der Waals surface area contributed by atoms with Crippen LogP contribution in [0.25, 0.3) is 0 Å². The number of rotatable bonds is 3. The first-order valence-corrected chi connectivity index (χ1v) is 7.69. The van der Waals surface area contributed by atoms with Gasteiger partial charge in [-0.2, -0.15) is 0 Å². The van der Waals surface area contributed by atoms with Crippen molar-refractivity contribution in [2.45, 2.75) is 18.7 Å². The van der Waals surface area contributed by atoms with Crippen molar-refractivity contribution in [2.75, 3.05) is 17.1 Å². The highest BCUT2D eigenvalue weighted by atomic mass is 32.2. The van der Waals surface area contributed by atoms with Gasteiger partial charge in [0.2, 0.25) is 0 Å². The minimum Gasteiger partial charge on any atom is -0.398 e. The lowest BCUT2D eigenvalue weighted by Gasteiger charge is -2.22. The Morgan fingerprint density at radius 3 is 2.20 bits per heavy atom. The second-order valence-corrected chi connectivity index (χ2v) is 6.64. The Kier molecular flexibility index (Phi) is 3.72. The topological polar surface area (TPSA) is 63.4 Å². The van der Waals surface area contributed by atoms with Crippen LogP contribution in [-0.4, -0.2) is 15.5 Å². The number of benzene rings is 2. The fourth-order valence-electron chi connectivity index (χ4n) is 2.15. The fraction of sp³-hybridized carbons (Fsp3) is 0.200. The summed E-state index contributed by atoms with van der Waals surface area (Å²) in [4.78, 5) is 0.281. The maximum atomic E-state index is 12.8. The first kappa shape index (κ1) is 14.4. The van der Waals surface area contributed by atoms with Crippen molar-refractivity contribution in [2.24, 2.45) is 0 Å². The van der Waals surface area contributed by atoms with Crippen LogP contribution < -0.4 is 10.0 Å². The van der Waals surface area contributed by atoms with E-state index in [1.165, 1.54) is 4.31 Å². The molecule has 0 bridgehead atoms. The maximum absolute atomic E-state index is 12.8. The fourth-order valence-corrected chi connectivity index (χ4v) is 3.81. The van der Waals surface area contributed by atoms with E-state index in [2.05, 4.69) is 0 Å². The van der Waals surface area contributed by atoms with E-state index in [1.54, 1.807) is 57.3 Å². The molecule has 0 fully saturated rings. The van der Waals surface area contributed by atoms with E-state index in [0.29, 0.717) is 22.5 Å². The van der Waals surface area contributed by atoms with Crippen molar-refractivity contribution >= 4 is 21.4 Å². The van der Waals surface area contributed by atoms with Crippen LogP contribution in [0.3, 0.4) is 0 Å². The third-order valence-electron chi connectivity index (χ3n) is 3.38. The van der Waals surface area contributed by atoms with Crippen LogP contribution in [0.1, 0.15) is 11.1 Å². The Bertz CT molecular complexity index is 725. The van der Waals surface area contributed by atoms with E-state index in [0.717, 1.165) is 0 Å². The quantitative estimate of drug-likeness (QED) is 0.884. The molecule has 0 aliphatic rings. The van der Waals surface area contributed by atoms with Gasteiger partial charge >= 0.3 is 0 Å². The number of sulfonamides is 1. The van der Waals surface area contributed by atoms with Gasteiger partial charge in [0, 0.05) is 12.7 Å². The highest BCUT2D eigenvalue weighted by molar-refractivity contribution is 7.93. The van der Waals surface area contributed by atoms with E-state index >= 15 is 0 Å². The average molecular weight is 290 g/mol. The van der Waals surface area contributed by atoms with Crippen molar-refractivity contribution in [3.8, 4) is 0 Å². The summed E-state index contributed by atoms with van der Waals surface area (Å²) in [6, 6.07) is 12.4. The number of anilines is 2. The normalized spacial score (nSPS) is 11.3. The van der Waals surface area contributed by atoms with Crippen molar-refractivity contribution < 1.29 is 8.42 Å². The summed E-state index contributed by atoms with van der Waals surface area (Å²) in [6.07, 6.45) is 0. The van der Waals surface area contributed by atoms with Gasteiger partial charge in [0.1, 0.15) is 0 Å². The minimum atomic E-state index is -3.62. The molecule has 5 heteroatoms. The third-order valence-corrected chi connectivity index (χ3v) is 5.46. The van der Waals surface area contributed by atoms with Crippen LogP contribution in [0, 0.1) is 13.8 Å². The molecule has 2 aromatic rings. The van der Waals surface area contributed by atoms with E-state index in [4.69, 9.17) is 5.73 Å². The molecule has 4 nitrogen and oxygen atoms in total. The van der Waals surface area contributed by atoms with Gasteiger partial charge in [-0.25, -0.2) is 8.42 Å². The zero-order valence-electron chi connectivity index (χ0n) is 11.8. The first-order valence-electron chi connectivity index (χ1n) is 6.25. The Hall–Kier alpha value is -2.01. The zero-order valence-corrected chi connectivity index (χ0v) is 12.6. The number of nitrogens with two attached hydrogens (primary N) is 1. The number of nitrogen functional groups attached to an aromatic ring is 1. The maximum Gasteiger partial charge on any atom is 0.264 e. The third kappa shape index (κ3) is 2.36. The second-order valence-electron chi connectivity index (χ2n) is 4.73. The van der Waals surface area contributed by atoms with Gasteiger partial charge in [-0.1, -0.05) is 24.3 Å². The molecule has 0 radical (unpaired) electrons. The molecule has 0 saturated carbocycles. The van der Waals surface area contributed by atoms with Crippen LogP contribution in [0.2, 0.25) is 0 Å². The molecule has 0 spiro atoms. The highest BCUT2D eigenvalue weighted by Crippen LogP contribution is 2.29. The van der Waals surface area contributed by atoms with Gasteiger partial charge in [0.15, 0.2) is 0 Å². The highest BCUT2D eigenvalue weighted by Gasteiger charge is 2.25. The molecular weight excluding hydrogens is 272 g/mol. The SMILES string of the molecule is Cc1ccc(N)c(C)c1S(=O)(=O)N(C)c1ccccc1. The summed E-state index contributed by atoms with van der Waals surface area (Å²) in [7, 11) is -2.07. The molecule has 2 N–H and O–H groups in total. The summed E-state index contributed by atoms with van der Waals surface area (Å²) in [6.45, 7) is 3.51. The Morgan fingerprint density at radius 1 is 1.00 bits per heavy atom. The van der Waals surface area contributed by atoms with E-state index in [9.17, 15) is 8.42 Å². The molecule has 20 heavy (non-hydrogen) atoms. The number of para-hydroxylation sites is 1. The standard InChI is InChI=1S/C15H18N2O2S/c1-11-9-10-14(16)12(2)15(11)20(18,19)17(3)13-7-5-4-6-8-13/h4-10H,16H2,1-3H3. The number of aryl methyl sites for hydroxylation is 1. The Labute approximate surface area is 119 Å². The van der Waals surface area contributed by atoms with Crippen molar-refractivity contribution in [3.63, 3.8) is 0 Å². The lowest BCUT2D eigenvalue weighted by molar-refractivity contribution is 0.593. The molecule has 0 saturated heterocycles. The molecular formula is C15H18N2O2S. The van der Waals surface area contributed by atoms with Gasteiger partial charge in [0.25, 0.3) is 10.0 Å². The van der Waals surface area contributed by atoms with Gasteiger partial charge < -0.3 is 5.73 Å². The van der Waals surface area contributed by atoms with Crippen LogP contribution >= 0.6 is 0 Å². The molecule has 0 atom stereocenters. The van der Waals surface area contributed by atoms with E-state index < -0.39 is 10.0 Å². The van der Waals surface area contributed by atoms with Crippen LogP contribution in [-0.2, 0) is 10.0 Å². The summed E-state index contributed by atoms with van der Waals surface area (Å²) in [5.74, 6) is 0. The van der Waals surface area contributed by atoms with Crippen molar-refractivity contribution in [1.82, 2.24) is 0 Å². The summed E-state index contributed by atoms with van der Waals surface area (Å²) in [5, 5.41) is 0. The predicted molar refractivity (Wildman–Crippen MR) is 82.4 cm³/mol. The Balaban J connectivity index is 2.60. The second kappa shape index (κ2) is 5.17.